The summed E-state index contributed by atoms with van der Waals surface area (Å²) in [6, 6.07) is 16.8. The largest absolute Gasteiger partial charge is 0.463 e. The van der Waals surface area contributed by atoms with Crippen LogP contribution in [0.25, 0.3) is 0 Å². The van der Waals surface area contributed by atoms with Crippen molar-refractivity contribution in [3.8, 4) is 0 Å². The van der Waals surface area contributed by atoms with E-state index in [1.807, 2.05) is 80.3 Å². The van der Waals surface area contributed by atoms with E-state index in [1.54, 1.807) is 6.92 Å². The number of carbonyl (C=O) groups is 2. The lowest BCUT2D eigenvalue weighted by atomic mass is 9.94. The smallest absolute Gasteiger partial charge is 0.338 e. The van der Waals surface area contributed by atoms with Crippen molar-refractivity contribution in [2.75, 3.05) is 18.5 Å². The number of carbonyl (C=O) groups excluding carboxylic acids is 2. The van der Waals surface area contributed by atoms with Gasteiger partial charge in [-0.05, 0) is 62.7 Å². The summed E-state index contributed by atoms with van der Waals surface area (Å²) in [5.41, 5.74) is 3.76. The van der Waals surface area contributed by atoms with Gasteiger partial charge in [-0.25, -0.2) is 4.79 Å². The van der Waals surface area contributed by atoms with Crippen LogP contribution in [0.1, 0.15) is 57.2 Å². The summed E-state index contributed by atoms with van der Waals surface area (Å²) in [5, 5.41) is 6.87. The van der Waals surface area contributed by atoms with Gasteiger partial charge in [0.15, 0.2) is 5.11 Å². The second-order valence-corrected chi connectivity index (χ2v) is 8.22. The molecule has 1 amide bonds. The maximum absolute atomic E-state index is 13.0. The first-order chi connectivity index (χ1) is 15.9. The maximum Gasteiger partial charge on any atom is 0.338 e. The predicted octanol–water partition coefficient (Wildman–Crippen LogP) is 4.91. The standard InChI is InChI=1S/C26H31N3O3S/c1-5-21(18-12-9-8-10-13-18)24(30)27-20-15-11-14-19(16-20)23-22(25(31)32-7-3)17(4)29(6-2)26(33)28-23/h8-16,21,23H,5-7H2,1-4H3,(H,27,30)(H,28,33). The van der Waals surface area contributed by atoms with Gasteiger partial charge in [-0.15, -0.1) is 0 Å². The Kier molecular flexibility index (Phi) is 8.22. The van der Waals surface area contributed by atoms with Crippen LogP contribution in [-0.4, -0.2) is 35.0 Å². The van der Waals surface area contributed by atoms with Crippen LogP contribution in [0.3, 0.4) is 0 Å². The highest BCUT2D eigenvalue weighted by molar-refractivity contribution is 7.80. The number of anilines is 1. The zero-order valence-electron chi connectivity index (χ0n) is 19.6. The first-order valence-corrected chi connectivity index (χ1v) is 11.7. The maximum atomic E-state index is 13.0. The van der Waals surface area contributed by atoms with E-state index in [1.165, 1.54) is 0 Å². The van der Waals surface area contributed by atoms with Crippen LogP contribution >= 0.6 is 12.2 Å². The molecule has 33 heavy (non-hydrogen) atoms. The quantitative estimate of drug-likeness (QED) is 0.427. The molecule has 1 heterocycles. The van der Waals surface area contributed by atoms with Gasteiger partial charge in [0.25, 0.3) is 0 Å². The number of nitrogens with one attached hydrogen (secondary N) is 2. The molecule has 0 spiro atoms. The van der Waals surface area contributed by atoms with Gasteiger partial charge in [-0.2, -0.15) is 0 Å². The Labute approximate surface area is 201 Å². The summed E-state index contributed by atoms with van der Waals surface area (Å²) in [6.45, 7) is 8.57. The number of amides is 1. The zero-order valence-corrected chi connectivity index (χ0v) is 20.4. The topological polar surface area (TPSA) is 70.7 Å². The molecule has 2 N–H and O–H groups in total. The number of rotatable bonds is 8. The Morgan fingerprint density at radius 3 is 2.48 bits per heavy atom. The van der Waals surface area contributed by atoms with Crippen molar-refractivity contribution in [3.05, 3.63) is 77.0 Å². The molecule has 3 rings (SSSR count). The van der Waals surface area contributed by atoms with E-state index >= 15 is 0 Å². The number of allylic oxidation sites excluding steroid dienone is 1. The molecule has 0 fully saturated rings. The normalized spacial score (nSPS) is 16.8. The molecule has 174 valence electrons. The van der Waals surface area contributed by atoms with Crippen molar-refractivity contribution in [1.29, 1.82) is 0 Å². The van der Waals surface area contributed by atoms with Crippen molar-refractivity contribution < 1.29 is 14.3 Å². The lowest BCUT2D eigenvalue weighted by Crippen LogP contribution is -2.47. The van der Waals surface area contributed by atoms with E-state index in [-0.39, 0.29) is 24.4 Å². The minimum atomic E-state index is -0.465. The van der Waals surface area contributed by atoms with Crippen molar-refractivity contribution in [2.45, 2.75) is 46.1 Å². The SMILES string of the molecule is CCOC(=O)C1=C(C)N(CC)C(=S)NC1c1cccc(NC(=O)C(CC)c2ccccc2)c1. The zero-order chi connectivity index (χ0) is 24.0. The van der Waals surface area contributed by atoms with Gasteiger partial charge in [0.1, 0.15) is 0 Å². The molecule has 0 aliphatic carbocycles. The number of ether oxygens (including phenoxy) is 1. The molecule has 0 saturated carbocycles. The van der Waals surface area contributed by atoms with E-state index in [4.69, 9.17) is 17.0 Å². The Morgan fingerprint density at radius 2 is 1.85 bits per heavy atom. The van der Waals surface area contributed by atoms with Crippen LogP contribution in [0.4, 0.5) is 5.69 Å². The Hall–Kier alpha value is -3.19. The fourth-order valence-corrected chi connectivity index (χ4v) is 4.55. The van der Waals surface area contributed by atoms with E-state index < -0.39 is 6.04 Å². The lowest BCUT2D eigenvalue weighted by Gasteiger charge is -2.37. The third-order valence-corrected chi connectivity index (χ3v) is 6.16. The highest BCUT2D eigenvalue weighted by atomic mass is 32.1. The number of thiocarbonyl (C=S) groups is 1. The number of benzene rings is 2. The molecule has 1 aliphatic rings. The minimum absolute atomic E-state index is 0.0672. The van der Waals surface area contributed by atoms with E-state index in [0.29, 0.717) is 29.3 Å². The van der Waals surface area contributed by atoms with Gasteiger partial charge < -0.3 is 20.3 Å². The van der Waals surface area contributed by atoms with Crippen molar-refractivity contribution >= 4 is 34.9 Å². The lowest BCUT2D eigenvalue weighted by molar-refractivity contribution is -0.139. The van der Waals surface area contributed by atoms with Gasteiger partial charge in [-0.1, -0.05) is 49.4 Å². The molecule has 2 aromatic carbocycles. The van der Waals surface area contributed by atoms with Gasteiger partial charge in [0.05, 0.1) is 24.1 Å². The first-order valence-electron chi connectivity index (χ1n) is 11.3. The summed E-state index contributed by atoms with van der Waals surface area (Å²) in [7, 11) is 0. The van der Waals surface area contributed by atoms with Crippen molar-refractivity contribution in [1.82, 2.24) is 10.2 Å². The van der Waals surface area contributed by atoms with Gasteiger partial charge in [0, 0.05) is 17.9 Å². The summed E-state index contributed by atoms with van der Waals surface area (Å²) < 4.78 is 5.34. The van der Waals surface area contributed by atoms with Gasteiger partial charge >= 0.3 is 5.97 Å². The van der Waals surface area contributed by atoms with E-state index in [0.717, 1.165) is 16.8 Å². The van der Waals surface area contributed by atoms with E-state index in [2.05, 4.69) is 10.6 Å². The fraction of sp³-hybridized carbons (Fsp3) is 0.346. The van der Waals surface area contributed by atoms with Gasteiger partial charge in [-0.3, -0.25) is 4.79 Å². The molecular formula is C26H31N3O3S. The molecule has 0 aromatic heterocycles. The third-order valence-electron chi connectivity index (χ3n) is 5.82. The molecule has 2 unspecified atom stereocenters. The molecule has 0 bridgehead atoms. The third kappa shape index (κ3) is 5.42. The minimum Gasteiger partial charge on any atom is -0.463 e. The first kappa shape index (κ1) is 24.5. The molecule has 0 radical (unpaired) electrons. The molecule has 6 nitrogen and oxygen atoms in total. The fourth-order valence-electron chi connectivity index (χ4n) is 4.17. The molecule has 2 atom stereocenters. The highest BCUT2D eigenvalue weighted by Crippen LogP contribution is 2.32. The summed E-state index contributed by atoms with van der Waals surface area (Å²) >= 11 is 5.55. The molecule has 2 aromatic rings. The number of hydrogen-bond donors (Lipinski definition) is 2. The highest BCUT2D eigenvalue weighted by Gasteiger charge is 2.34. The molecule has 1 aliphatic heterocycles. The van der Waals surface area contributed by atoms with Gasteiger partial charge in [0.2, 0.25) is 5.91 Å². The Balaban J connectivity index is 1.91. The number of esters is 1. The van der Waals surface area contributed by atoms with Crippen LogP contribution in [0, 0.1) is 0 Å². The van der Waals surface area contributed by atoms with Crippen LogP contribution in [0.5, 0.6) is 0 Å². The molecule has 7 heteroatoms. The summed E-state index contributed by atoms with van der Waals surface area (Å²) in [4.78, 5) is 27.8. The molecular weight excluding hydrogens is 434 g/mol. The van der Waals surface area contributed by atoms with E-state index in [9.17, 15) is 9.59 Å². The average Bonchev–Trinajstić information content (AvgIpc) is 2.80. The Bertz CT molecular complexity index is 1050. The second kappa shape index (κ2) is 11.1. The van der Waals surface area contributed by atoms with Crippen LogP contribution in [0.2, 0.25) is 0 Å². The van der Waals surface area contributed by atoms with Crippen molar-refractivity contribution in [3.63, 3.8) is 0 Å². The predicted molar refractivity (Wildman–Crippen MR) is 135 cm³/mol. The van der Waals surface area contributed by atoms with Crippen LogP contribution < -0.4 is 10.6 Å². The summed E-state index contributed by atoms with van der Waals surface area (Å²) in [6.07, 6.45) is 0.690. The van der Waals surface area contributed by atoms with Crippen LogP contribution in [0.15, 0.2) is 65.9 Å². The summed E-state index contributed by atoms with van der Waals surface area (Å²) in [5.74, 6) is -0.689. The number of hydrogen-bond acceptors (Lipinski definition) is 4. The monoisotopic (exact) mass is 465 g/mol. The average molecular weight is 466 g/mol. The van der Waals surface area contributed by atoms with Crippen LogP contribution in [-0.2, 0) is 14.3 Å². The number of nitrogens with zero attached hydrogens (tertiary/aromatic N) is 1. The van der Waals surface area contributed by atoms with Crippen molar-refractivity contribution in [2.24, 2.45) is 0 Å². The second-order valence-electron chi connectivity index (χ2n) is 7.83. The molecule has 0 saturated heterocycles. The Morgan fingerprint density at radius 1 is 1.12 bits per heavy atom.